The van der Waals surface area contributed by atoms with Gasteiger partial charge in [0.2, 0.25) is 0 Å². The van der Waals surface area contributed by atoms with Gasteiger partial charge in [-0.2, -0.15) is 5.10 Å². The standard InChI is InChI=1S/C19H17N5O3/c1-10(2)24-16-11(9-21-24)6-12(8-20-16)17(25)22-13-4-5-14-15(7-13)19(27)23(3)18(14)26/h4-10H,1-3H3,(H,22,25). The van der Waals surface area contributed by atoms with Crippen LogP contribution in [0.5, 0.6) is 0 Å². The fourth-order valence-corrected chi connectivity index (χ4v) is 3.08. The van der Waals surface area contributed by atoms with Crippen molar-refractivity contribution in [2.75, 3.05) is 12.4 Å². The molecule has 1 aromatic carbocycles. The predicted molar refractivity (Wildman–Crippen MR) is 98.7 cm³/mol. The van der Waals surface area contributed by atoms with Gasteiger partial charge in [-0.25, -0.2) is 9.67 Å². The average molecular weight is 363 g/mol. The molecule has 8 nitrogen and oxygen atoms in total. The molecule has 0 aliphatic carbocycles. The van der Waals surface area contributed by atoms with Gasteiger partial charge in [0.05, 0.1) is 22.9 Å². The highest BCUT2D eigenvalue weighted by Gasteiger charge is 2.32. The number of fused-ring (bicyclic) bond motifs is 2. The lowest BCUT2D eigenvalue weighted by Gasteiger charge is -2.08. The number of amides is 3. The summed E-state index contributed by atoms with van der Waals surface area (Å²) in [6.45, 7) is 4.01. The lowest BCUT2D eigenvalue weighted by molar-refractivity contribution is 0.0692. The van der Waals surface area contributed by atoms with Crippen LogP contribution in [0.15, 0.2) is 36.7 Å². The maximum atomic E-state index is 12.6. The van der Waals surface area contributed by atoms with E-state index in [2.05, 4.69) is 15.4 Å². The monoisotopic (exact) mass is 363 g/mol. The number of nitrogens with zero attached hydrogens (tertiary/aromatic N) is 4. The third kappa shape index (κ3) is 2.66. The van der Waals surface area contributed by atoms with Crippen molar-refractivity contribution in [2.45, 2.75) is 19.9 Å². The topological polar surface area (TPSA) is 97.2 Å². The molecule has 0 atom stereocenters. The second-order valence-electron chi connectivity index (χ2n) is 6.70. The number of hydrogen-bond acceptors (Lipinski definition) is 5. The fraction of sp³-hybridized carbons (Fsp3) is 0.211. The molecule has 0 unspecified atom stereocenters. The van der Waals surface area contributed by atoms with E-state index in [1.807, 2.05) is 13.8 Å². The number of nitrogens with one attached hydrogen (secondary N) is 1. The van der Waals surface area contributed by atoms with E-state index in [1.54, 1.807) is 29.1 Å². The number of carbonyl (C=O) groups excluding carboxylic acids is 3. The molecule has 3 amide bonds. The van der Waals surface area contributed by atoms with Crippen molar-refractivity contribution < 1.29 is 14.4 Å². The molecule has 1 aliphatic heterocycles. The second kappa shape index (κ2) is 6.01. The minimum Gasteiger partial charge on any atom is -0.322 e. The molecular weight excluding hydrogens is 346 g/mol. The van der Waals surface area contributed by atoms with E-state index in [-0.39, 0.29) is 29.3 Å². The number of aromatic nitrogens is 3. The van der Waals surface area contributed by atoms with E-state index in [0.29, 0.717) is 22.5 Å². The van der Waals surface area contributed by atoms with Crippen LogP contribution in [-0.2, 0) is 0 Å². The number of benzene rings is 1. The molecule has 0 bridgehead atoms. The Balaban J connectivity index is 1.61. The van der Waals surface area contributed by atoms with E-state index >= 15 is 0 Å². The van der Waals surface area contributed by atoms with Crippen molar-refractivity contribution in [1.82, 2.24) is 19.7 Å². The van der Waals surface area contributed by atoms with Crippen LogP contribution < -0.4 is 5.32 Å². The maximum absolute atomic E-state index is 12.6. The van der Waals surface area contributed by atoms with Gasteiger partial charge in [-0.05, 0) is 38.1 Å². The SMILES string of the molecule is CC(C)n1ncc2cc(C(=O)Nc3ccc4c(c3)C(=O)N(C)C4=O)cnc21. The molecule has 27 heavy (non-hydrogen) atoms. The van der Waals surface area contributed by atoms with E-state index < -0.39 is 0 Å². The minimum atomic E-state index is -0.379. The molecule has 3 heterocycles. The highest BCUT2D eigenvalue weighted by atomic mass is 16.2. The van der Waals surface area contributed by atoms with Crippen LogP contribution in [-0.4, -0.2) is 44.4 Å². The van der Waals surface area contributed by atoms with E-state index in [4.69, 9.17) is 0 Å². The van der Waals surface area contributed by atoms with Crippen molar-refractivity contribution >= 4 is 34.4 Å². The Bertz CT molecular complexity index is 1120. The van der Waals surface area contributed by atoms with Gasteiger partial charge >= 0.3 is 0 Å². The van der Waals surface area contributed by atoms with E-state index in [9.17, 15) is 14.4 Å². The quantitative estimate of drug-likeness (QED) is 0.721. The van der Waals surface area contributed by atoms with Crippen LogP contribution in [0.4, 0.5) is 5.69 Å². The molecule has 0 saturated heterocycles. The molecule has 2 aromatic heterocycles. The zero-order chi connectivity index (χ0) is 19.3. The van der Waals surface area contributed by atoms with Gasteiger partial charge in [-0.3, -0.25) is 19.3 Å². The number of carbonyl (C=O) groups is 3. The number of anilines is 1. The zero-order valence-corrected chi connectivity index (χ0v) is 15.1. The third-order valence-electron chi connectivity index (χ3n) is 4.53. The fourth-order valence-electron chi connectivity index (χ4n) is 3.08. The molecule has 1 aliphatic rings. The van der Waals surface area contributed by atoms with E-state index in [0.717, 1.165) is 10.3 Å². The minimum absolute atomic E-state index is 0.166. The highest BCUT2D eigenvalue weighted by Crippen LogP contribution is 2.25. The first-order valence-corrected chi connectivity index (χ1v) is 8.48. The Morgan fingerprint density at radius 1 is 1.07 bits per heavy atom. The second-order valence-corrected chi connectivity index (χ2v) is 6.70. The van der Waals surface area contributed by atoms with Crippen LogP contribution in [0.3, 0.4) is 0 Å². The normalized spacial score (nSPS) is 13.6. The molecule has 0 fully saturated rings. The van der Waals surface area contributed by atoms with Gasteiger partial charge < -0.3 is 5.32 Å². The molecule has 3 aromatic rings. The third-order valence-corrected chi connectivity index (χ3v) is 4.53. The Morgan fingerprint density at radius 2 is 1.81 bits per heavy atom. The van der Waals surface area contributed by atoms with Gasteiger partial charge in [0.1, 0.15) is 0 Å². The van der Waals surface area contributed by atoms with Crippen LogP contribution >= 0.6 is 0 Å². The van der Waals surface area contributed by atoms with Gasteiger partial charge in [0.25, 0.3) is 17.7 Å². The number of hydrogen-bond donors (Lipinski definition) is 1. The molecule has 4 rings (SSSR count). The van der Waals surface area contributed by atoms with Gasteiger partial charge in [-0.15, -0.1) is 0 Å². The predicted octanol–water partition coefficient (Wildman–Crippen LogP) is 2.49. The highest BCUT2D eigenvalue weighted by molar-refractivity contribution is 6.21. The summed E-state index contributed by atoms with van der Waals surface area (Å²) in [6.07, 6.45) is 3.17. The Hall–Kier alpha value is -3.55. The van der Waals surface area contributed by atoms with Crippen LogP contribution in [0.1, 0.15) is 51.0 Å². The first kappa shape index (κ1) is 16.9. The smallest absolute Gasteiger partial charge is 0.261 e. The average Bonchev–Trinajstić information content (AvgIpc) is 3.17. The Morgan fingerprint density at radius 3 is 2.56 bits per heavy atom. The summed E-state index contributed by atoms with van der Waals surface area (Å²) in [5.74, 6) is -1.08. The molecule has 0 radical (unpaired) electrons. The van der Waals surface area contributed by atoms with Crippen LogP contribution in [0, 0.1) is 0 Å². The summed E-state index contributed by atoms with van der Waals surface area (Å²) >= 11 is 0. The largest absolute Gasteiger partial charge is 0.322 e. The van der Waals surface area contributed by atoms with Crippen molar-refractivity contribution in [3.8, 4) is 0 Å². The molecular formula is C19H17N5O3. The lowest BCUT2D eigenvalue weighted by atomic mass is 10.1. The molecule has 1 N–H and O–H groups in total. The van der Waals surface area contributed by atoms with Crippen LogP contribution in [0.2, 0.25) is 0 Å². The van der Waals surface area contributed by atoms with Crippen LogP contribution in [0.25, 0.3) is 11.0 Å². The lowest BCUT2D eigenvalue weighted by Crippen LogP contribution is -2.24. The van der Waals surface area contributed by atoms with E-state index in [1.165, 1.54) is 19.3 Å². The van der Waals surface area contributed by atoms with Gasteiger partial charge in [-0.1, -0.05) is 0 Å². The number of imide groups is 1. The summed E-state index contributed by atoms with van der Waals surface area (Å²) in [5, 5.41) is 7.80. The molecule has 8 heteroatoms. The van der Waals surface area contributed by atoms with Gasteiger partial charge in [0.15, 0.2) is 5.65 Å². The first-order chi connectivity index (χ1) is 12.9. The van der Waals surface area contributed by atoms with Crippen molar-refractivity contribution in [3.05, 3.63) is 53.3 Å². The zero-order valence-electron chi connectivity index (χ0n) is 15.1. The summed E-state index contributed by atoms with van der Waals surface area (Å²) in [4.78, 5) is 42.0. The number of pyridine rings is 1. The van der Waals surface area contributed by atoms with Crippen molar-refractivity contribution in [1.29, 1.82) is 0 Å². The summed E-state index contributed by atoms with van der Waals surface area (Å²) in [5.41, 5.74) is 2.15. The van der Waals surface area contributed by atoms with Gasteiger partial charge in [0, 0.05) is 30.4 Å². The number of rotatable bonds is 3. The Labute approximate surface area is 154 Å². The molecule has 136 valence electrons. The summed E-state index contributed by atoms with van der Waals surface area (Å²) < 4.78 is 1.79. The van der Waals surface area contributed by atoms with Crippen molar-refractivity contribution in [3.63, 3.8) is 0 Å². The molecule has 0 saturated carbocycles. The summed E-state index contributed by atoms with van der Waals surface area (Å²) in [6, 6.07) is 6.55. The maximum Gasteiger partial charge on any atom is 0.261 e. The summed E-state index contributed by atoms with van der Waals surface area (Å²) in [7, 11) is 1.43. The Kier molecular flexibility index (Phi) is 3.76. The van der Waals surface area contributed by atoms with Crippen molar-refractivity contribution in [2.24, 2.45) is 0 Å². The first-order valence-electron chi connectivity index (χ1n) is 8.48. The molecule has 0 spiro atoms.